The number of nitrogens with zero attached hydrogens (tertiary/aromatic N) is 3. The first-order valence-corrected chi connectivity index (χ1v) is 8.97. The normalized spacial score (nSPS) is 18.9. The summed E-state index contributed by atoms with van der Waals surface area (Å²) < 4.78 is 25.7. The van der Waals surface area contributed by atoms with Crippen LogP contribution in [0.15, 0.2) is 23.1 Å². The van der Waals surface area contributed by atoms with Gasteiger partial charge in [0.1, 0.15) is 5.52 Å². The van der Waals surface area contributed by atoms with Crippen LogP contribution in [-0.4, -0.2) is 40.1 Å². The van der Waals surface area contributed by atoms with Crippen LogP contribution in [0, 0.1) is 0 Å². The van der Waals surface area contributed by atoms with Gasteiger partial charge in [0.15, 0.2) is 15.7 Å². The van der Waals surface area contributed by atoms with Crippen molar-refractivity contribution in [1.82, 2.24) is 14.6 Å². The molecule has 2 heterocycles. The van der Waals surface area contributed by atoms with E-state index in [2.05, 4.69) is 31.3 Å². The van der Waals surface area contributed by atoms with Gasteiger partial charge in [-0.05, 0) is 35.7 Å². The highest BCUT2D eigenvalue weighted by molar-refractivity contribution is 9.10. The average molecular weight is 359 g/mol. The smallest absolute Gasteiger partial charge is 0.155 e. The zero-order chi connectivity index (χ0) is 14.5. The predicted molar refractivity (Wildman–Crippen MR) is 80.6 cm³/mol. The number of sulfone groups is 1. The molecule has 1 aliphatic carbocycles. The minimum absolute atomic E-state index is 0.196. The van der Waals surface area contributed by atoms with Crippen LogP contribution in [0.2, 0.25) is 0 Å². The molecule has 3 rings (SSSR count). The van der Waals surface area contributed by atoms with Gasteiger partial charge in [-0.25, -0.2) is 17.9 Å². The molecule has 108 valence electrons. The molecule has 0 aromatic carbocycles. The maximum absolute atomic E-state index is 11.9. The standard InChI is InChI=1S/C12H15BrN4O2S/c1-8(12(3-4-12)20(2,18)19)16-11-10-9(13)7-15-17(10)6-5-14-11/h5-8H,3-4H2,1-2H3,(H,14,16). The molecule has 1 unspecified atom stereocenters. The second-order valence-corrected chi connectivity index (χ2v) is 8.48. The molecule has 0 aliphatic heterocycles. The maximum Gasteiger partial charge on any atom is 0.155 e. The van der Waals surface area contributed by atoms with Crippen molar-refractivity contribution in [2.24, 2.45) is 0 Å². The molecule has 20 heavy (non-hydrogen) atoms. The van der Waals surface area contributed by atoms with Crippen molar-refractivity contribution < 1.29 is 8.42 Å². The Labute approximate surface area is 125 Å². The highest BCUT2D eigenvalue weighted by Gasteiger charge is 2.56. The Morgan fingerprint density at radius 1 is 1.50 bits per heavy atom. The number of aromatic nitrogens is 3. The summed E-state index contributed by atoms with van der Waals surface area (Å²) in [5.41, 5.74) is 0.809. The van der Waals surface area contributed by atoms with Gasteiger partial charge in [0, 0.05) is 24.7 Å². The summed E-state index contributed by atoms with van der Waals surface area (Å²) in [6.45, 7) is 1.89. The van der Waals surface area contributed by atoms with Crippen molar-refractivity contribution >= 4 is 37.1 Å². The van der Waals surface area contributed by atoms with Crippen molar-refractivity contribution in [3.63, 3.8) is 0 Å². The van der Waals surface area contributed by atoms with E-state index in [0.29, 0.717) is 18.7 Å². The third-order valence-corrected chi connectivity index (χ3v) is 6.83. The molecule has 0 bridgehead atoms. The molecule has 6 nitrogen and oxygen atoms in total. The van der Waals surface area contributed by atoms with Crippen LogP contribution in [0.1, 0.15) is 19.8 Å². The molecule has 2 aromatic heterocycles. The first-order chi connectivity index (χ1) is 9.35. The second kappa shape index (κ2) is 4.42. The van der Waals surface area contributed by atoms with Gasteiger partial charge in [-0.3, -0.25) is 0 Å². The molecule has 1 N–H and O–H groups in total. The van der Waals surface area contributed by atoms with Crippen LogP contribution in [-0.2, 0) is 9.84 Å². The van der Waals surface area contributed by atoms with Crippen molar-refractivity contribution in [3.8, 4) is 0 Å². The monoisotopic (exact) mass is 358 g/mol. The van der Waals surface area contributed by atoms with Gasteiger partial charge < -0.3 is 5.32 Å². The molecule has 1 saturated carbocycles. The SMILES string of the molecule is CC(Nc1nccn2ncc(Br)c12)C1(S(C)(=O)=O)CC1. The Morgan fingerprint density at radius 2 is 2.20 bits per heavy atom. The molecular formula is C12H15BrN4O2S. The lowest BCUT2D eigenvalue weighted by Gasteiger charge is -2.23. The van der Waals surface area contributed by atoms with E-state index in [4.69, 9.17) is 0 Å². The molecule has 1 fully saturated rings. The number of nitrogens with one attached hydrogen (secondary N) is 1. The molecule has 0 saturated heterocycles. The summed E-state index contributed by atoms with van der Waals surface area (Å²) >= 11 is 3.43. The molecule has 0 radical (unpaired) electrons. The van der Waals surface area contributed by atoms with Crippen LogP contribution in [0.4, 0.5) is 5.82 Å². The molecule has 8 heteroatoms. The Hall–Kier alpha value is -1.15. The largest absolute Gasteiger partial charge is 0.364 e. The molecule has 0 spiro atoms. The number of halogens is 1. The van der Waals surface area contributed by atoms with Gasteiger partial charge in [0.2, 0.25) is 0 Å². The minimum atomic E-state index is -3.09. The molecule has 2 aromatic rings. The van der Waals surface area contributed by atoms with Gasteiger partial charge in [-0.2, -0.15) is 5.10 Å². The fourth-order valence-corrected chi connectivity index (χ4v) is 4.60. The molecule has 1 atom stereocenters. The summed E-state index contributed by atoms with van der Waals surface area (Å²) in [6, 6.07) is -0.196. The van der Waals surface area contributed by atoms with Gasteiger partial charge in [0.05, 0.1) is 15.4 Å². The van der Waals surface area contributed by atoms with Crippen LogP contribution < -0.4 is 5.32 Å². The fourth-order valence-electron chi connectivity index (χ4n) is 2.60. The van der Waals surface area contributed by atoms with E-state index in [1.807, 2.05) is 6.92 Å². The lowest BCUT2D eigenvalue weighted by atomic mass is 10.2. The van der Waals surface area contributed by atoms with E-state index >= 15 is 0 Å². The van der Waals surface area contributed by atoms with Crippen molar-refractivity contribution in [1.29, 1.82) is 0 Å². The van der Waals surface area contributed by atoms with Gasteiger partial charge >= 0.3 is 0 Å². The minimum Gasteiger partial charge on any atom is -0.364 e. The molecule has 0 amide bonds. The summed E-state index contributed by atoms with van der Waals surface area (Å²) in [5.74, 6) is 0.638. The van der Waals surface area contributed by atoms with Crippen molar-refractivity contribution in [3.05, 3.63) is 23.1 Å². The lowest BCUT2D eigenvalue weighted by molar-refractivity contribution is 0.568. The number of anilines is 1. The van der Waals surface area contributed by atoms with Crippen molar-refractivity contribution in [2.45, 2.75) is 30.6 Å². The molecular weight excluding hydrogens is 344 g/mol. The Bertz CT molecular complexity index is 767. The molecule has 1 aliphatic rings. The van der Waals surface area contributed by atoms with Crippen LogP contribution in [0.25, 0.3) is 5.52 Å². The van der Waals surface area contributed by atoms with Crippen LogP contribution >= 0.6 is 15.9 Å². The third kappa shape index (κ3) is 2.01. The zero-order valence-electron chi connectivity index (χ0n) is 11.2. The highest BCUT2D eigenvalue weighted by atomic mass is 79.9. The topological polar surface area (TPSA) is 76.4 Å². The van der Waals surface area contributed by atoms with Crippen molar-refractivity contribution in [2.75, 3.05) is 11.6 Å². The second-order valence-electron chi connectivity index (χ2n) is 5.26. The maximum atomic E-state index is 11.9. The third-order valence-electron chi connectivity index (χ3n) is 4.01. The van der Waals surface area contributed by atoms with Gasteiger partial charge in [-0.15, -0.1) is 0 Å². The van der Waals surface area contributed by atoms with E-state index in [9.17, 15) is 8.42 Å². The first kappa shape index (κ1) is 13.8. The van der Waals surface area contributed by atoms with E-state index in [1.54, 1.807) is 23.1 Å². The quantitative estimate of drug-likeness (QED) is 0.902. The Balaban J connectivity index is 1.96. The number of rotatable bonds is 4. The summed E-state index contributed by atoms with van der Waals surface area (Å²) in [6.07, 6.45) is 7.78. The summed E-state index contributed by atoms with van der Waals surface area (Å²) in [7, 11) is -3.09. The highest BCUT2D eigenvalue weighted by Crippen LogP contribution is 2.47. The Kier molecular flexibility index (Phi) is 3.06. The number of fused-ring (bicyclic) bond motifs is 1. The summed E-state index contributed by atoms with van der Waals surface area (Å²) in [5, 5.41) is 7.42. The Morgan fingerprint density at radius 3 is 2.80 bits per heavy atom. The van der Waals surface area contributed by atoms with Crippen LogP contribution in [0.5, 0.6) is 0 Å². The van der Waals surface area contributed by atoms with Gasteiger partial charge in [-0.1, -0.05) is 0 Å². The number of hydrogen-bond acceptors (Lipinski definition) is 5. The average Bonchev–Trinajstić information content (AvgIpc) is 3.10. The first-order valence-electron chi connectivity index (χ1n) is 6.29. The predicted octanol–water partition coefficient (Wildman–Crippen LogP) is 1.87. The van der Waals surface area contributed by atoms with Gasteiger partial charge in [0.25, 0.3) is 0 Å². The fraction of sp³-hybridized carbons (Fsp3) is 0.500. The van der Waals surface area contributed by atoms with E-state index in [1.165, 1.54) is 6.26 Å². The van der Waals surface area contributed by atoms with Crippen LogP contribution in [0.3, 0.4) is 0 Å². The summed E-state index contributed by atoms with van der Waals surface area (Å²) in [4.78, 5) is 4.31. The zero-order valence-corrected chi connectivity index (χ0v) is 13.6. The van der Waals surface area contributed by atoms with E-state index in [-0.39, 0.29) is 6.04 Å². The van der Waals surface area contributed by atoms with E-state index in [0.717, 1.165) is 9.99 Å². The number of hydrogen-bond donors (Lipinski definition) is 1. The lowest BCUT2D eigenvalue weighted by Crippen LogP contribution is -2.39. The van der Waals surface area contributed by atoms with E-state index < -0.39 is 14.6 Å².